The second-order valence-corrected chi connectivity index (χ2v) is 5.19. The van der Waals surface area contributed by atoms with Gasteiger partial charge in [0.1, 0.15) is 5.69 Å². The average molecular weight is 320 g/mol. The minimum atomic E-state index is -0.396. The van der Waals surface area contributed by atoms with Crippen LogP contribution in [0.2, 0.25) is 0 Å². The fourth-order valence-corrected chi connectivity index (χ4v) is 2.41. The van der Waals surface area contributed by atoms with E-state index in [2.05, 4.69) is 14.7 Å². The van der Waals surface area contributed by atoms with Gasteiger partial charge in [-0.1, -0.05) is 0 Å². The van der Waals surface area contributed by atoms with Crippen molar-refractivity contribution in [3.8, 4) is 0 Å². The lowest BCUT2D eigenvalue weighted by Crippen LogP contribution is -2.37. The van der Waals surface area contributed by atoms with E-state index >= 15 is 0 Å². The van der Waals surface area contributed by atoms with Crippen LogP contribution in [-0.4, -0.2) is 70.8 Å². The number of ether oxygens (including phenoxy) is 1. The molecule has 2 amide bonds. The molecular weight excluding hydrogens is 300 g/mol. The number of aromatic nitrogens is 2. The zero-order chi connectivity index (χ0) is 16.7. The Labute approximate surface area is 134 Å². The highest BCUT2D eigenvalue weighted by Gasteiger charge is 2.23. The molecule has 8 heteroatoms. The first-order valence-corrected chi connectivity index (χ1v) is 7.51. The summed E-state index contributed by atoms with van der Waals surface area (Å²) in [5.74, 6) is -0.668. The molecule has 1 aliphatic rings. The van der Waals surface area contributed by atoms with Gasteiger partial charge in [0.15, 0.2) is 0 Å². The average Bonchev–Trinajstić information content (AvgIpc) is 2.85. The molecule has 2 heterocycles. The predicted octanol–water partition coefficient (Wildman–Crippen LogP) is 0.104. The van der Waals surface area contributed by atoms with Gasteiger partial charge in [-0.3, -0.25) is 19.4 Å². The minimum absolute atomic E-state index is 0.0775. The highest BCUT2D eigenvalue weighted by molar-refractivity contribution is 5.92. The monoisotopic (exact) mass is 320 g/mol. The smallest absolute Gasteiger partial charge is 0.306 e. The van der Waals surface area contributed by atoms with Crippen LogP contribution in [0.1, 0.15) is 29.8 Å². The Morgan fingerprint density at radius 2 is 1.83 bits per heavy atom. The predicted molar refractivity (Wildman–Crippen MR) is 80.4 cm³/mol. The summed E-state index contributed by atoms with van der Waals surface area (Å²) in [5.41, 5.74) is 0.304. The van der Waals surface area contributed by atoms with E-state index in [1.165, 1.54) is 25.7 Å². The molecule has 0 bridgehead atoms. The van der Waals surface area contributed by atoms with Crippen LogP contribution in [0.15, 0.2) is 18.6 Å². The van der Waals surface area contributed by atoms with Gasteiger partial charge < -0.3 is 14.5 Å². The molecule has 1 aromatic rings. The molecule has 0 aliphatic carbocycles. The molecule has 1 fully saturated rings. The second-order valence-electron chi connectivity index (χ2n) is 5.19. The Morgan fingerprint density at radius 3 is 2.52 bits per heavy atom. The van der Waals surface area contributed by atoms with Crippen LogP contribution in [0.25, 0.3) is 0 Å². The lowest BCUT2D eigenvalue weighted by molar-refractivity contribution is -0.143. The molecule has 8 nitrogen and oxygen atoms in total. The number of amides is 2. The molecule has 2 rings (SSSR count). The summed E-state index contributed by atoms with van der Waals surface area (Å²) in [5, 5.41) is 0. The van der Waals surface area contributed by atoms with Crippen molar-refractivity contribution < 1.29 is 19.1 Å². The van der Waals surface area contributed by atoms with Crippen molar-refractivity contribution in [1.29, 1.82) is 0 Å². The summed E-state index contributed by atoms with van der Waals surface area (Å²) in [4.78, 5) is 46.8. The molecule has 0 radical (unpaired) electrons. The summed E-state index contributed by atoms with van der Waals surface area (Å²) >= 11 is 0. The molecule has 1 aliphatic heterocycles. The standard InChI is InChI=1S/C15H20N4O4/c1-23-14(21)4-3-13(20)18-7-2-8-19(10-9-18)15(22)12-11-16-5-6-17-12/h5-6,11H,2-4,7-10H2,1H3. The number of nitrogens with zero attached hydrogens (tertiary/aromatic N) is 4. The SMILES string of the molecule is COC(=O)CCC(=O)N1CCCN(C(=O)c2cnccn2)CC1. The van der Waals surface area contributed by atoms with E-state index in [1.807, 2.05) is 0 Å². The Bertz CT molecular complexity index is 564. The van der Waals surface area contributed by atoms with E-state index in [0.717, 1.165) is 0 Å². The normalized spacial score (nSPS) is 15.0. The number of rotatable bonds is 4. The Morgan fingerprint density at radius 1 is 1.09 bits per heavy atom. The molecule has 1 aromatic heterocycles. The van der Waals surface area contributed by atoms with E-state index in [4.69, 9.17) is 0 Å². The van der Waals surface area contributed by atoms with Crippen molar-refractivity contribution in [3.63, 3.8) is 0 Å². The van der Waals surface area contributed by atoms with Crippen LogP contribution < -0.4 is 0 Å². The van der Waals surface area contributed by atoms with E-state index in [-0.39, 0.29) is 24.7 Å². The highest BCUT2D eigenvalue weighted by atomic mass is 16.5. The molecule has 0 spiro atoms. The van der Waals surface area contributed by atoms with Crippen molar-refractivity contribution >= 4 is 17.8 Å². The fourth-order valence-electron chi connectivity index (χ4n) is 2.41. The van der Waals surface area contributed by atoms with Crippen molar-refractivity contribution in [1.82, 2.24) is 19.8 Å². The first-order chi connectivity index (χ1) is 11.1. The first-order valence-electron chi connectivity index (χ1n) is 7.51. The summed E-state index contributed by atoms with van der Waals surface area (Å²) in [6.07, 6.45) is 5.33. The van der Waals surface area contributed by atoms with E-state index < -0.39 is 5.97 Å². The van der Waals surface area contributed by atoms with Crippen LogP contribution in [0.4, 0.5) is 0 Å². The van der Waals surface area contributed by atoms with Gasteiger partial charge in [0.25, 0.3) is 5.91 Å². The molecule has 0 saturated carbocycles. The van der Waals surface area contributed by atoms with E-state index in [1.54, 1.807) is 9.80 Å². The third-order valence-electron chi connectivity index (χ3n) is 3.69. The second kappa shape index (κ2) is 8.21. The van der Waals surface area contributed by atoms with Crippen LogP contribution in [0.3, 0.4) is 0 Å². The lowest BCUT2D eigenvalue weighted by Gasteiger charge is -2.21. The number of hydrogen-bond acceptors (Lipinski definition) is 6. The highest BCUT2D eigenvalue weighted by Crippen LogP contribution is 2.09. The molecule has 0 aromatic carbocycles. The van der Waals surface area contributed by atoms with Crippen LogP contribution in [0.5, 0.6) is 0 Å². The van der Waals surface area contributed by atoms with E-state index in [9.17, 15) is 14.4 Å². The van der Waals surface area contributed by atoms with Gasteiger partial charge >= 0.3 is 5.97 Å². The zero-order valence-electron chi connectivity index (χ0n) is 13.1. The Hall–Kier alpha value is -2.51. The van der Waals surface area contributed by atoms with Crippen molar-refractivity contribution in [2.24, 2.45) is 0 Å². The third-order valence-corrected chi connectivity index (χ3v) is 3.69. The summed E-state index contributed by atoms with van der Waals surface area (Å²) in [7, 11) is 1.30. The van der Waals surface area contributed by atoms with E-state index in [0.29, 0.717) is 38.3 Å². The van der Waals surface area contributed by atoms with Crippen molar-refractivity contribution in [2.45, 2.75) is 19.3 Å². The van der Waals surface area contributed by atoms with Gasteiger partial charge in [0.05, 0.1) is 19.7 Å². The van der Waals surface area contributed by atoms with Crippen LogP contribution >= 0.6 is 0 Å². The molecule has 1 saturated heterocycles. The number of hydrogen-bond donors (Lipinski definition) is 0. The van der Waals surface area contributed by atoms with Crippen molar-refractivity contribution in [2.75, 3.05) is 33.3 Å². The van der Waals surface area contributed by atoms with Crippen LogP contribution in [-0.2, 0) is 14.3 Å². The zero-order valence-corrected chi connectivity index (χ0v) is 13.1. The molecule has 0 N–H and O–H groups in total. The van der Waals surface area contributed by atoms with Gasteiger partial charge in [-0.25, -0.2) is 4.98 Å². The molecular formula is C15H20N4O4. The van der Waals surface area contributed by atoms with Crippen LogP contribution in [0, 0.1) is 0 Å². The molecule has 0 unspecified atom stereocenters. The quantitative estimate of drug-likeness (QED) is 0.731. The van der Waals surface area contributed by atoms with Gasteiger partial charge in [-0.2, -0.15) is 0 Å². The summed E-state index contributed by atoms with van der Waals surface area (Å²) < 4.78 is 4.53. The number of esters is 1. The van der Waals surface area contributed by atoms with Gasteiger partial charge in [0.2, 0.25) is 5.91 Å². The lowest BCUT2D eigenvalue weighted by atomic mass is 10.2. The van der Waals surface area contributed by atoms with Gasteiger partial charge in [-0.15, -0.1) is 0 Å². The largest absolute Gasteiger partial charge is 0.469 e. The van der Waals surface area contributed by atoms with Gasteiger partial charge in [-0.05, 0) is 6.42 Å². The topological polar surface area (TPSA) is 92.7 Å². The fraction of sp³-hybridized carbons (Fsp3) is 0.533. The Kier molecular flexibility index (Phi) is 6.02. The maximum Gasteiger partial charge on any atom is 0.306 e. The first kappa shape index (κ1) is 16.9. The molecule has 124 valence electrons. The Balaban J connectivity index is 1.88. The minimum Gasteiger partial charge on any atom is -0.469 e. The van der Waals surface area contributed by atoms with Crippen molar-refractivity contribution in [3.05, 3.63) is 24.3 Å². The maximum absolute atomic E-state index is 12.3. The third kappa shape index (κ3) is 4.73. The molecule has 0 atom stereocenters. The summed E-state index contributed by atoms with van der Waals surface area (Å²) in [6.45, 7) is 2.03. The maximum atomic E-state index is 12.3. The number of carbonyl (C=O) groups is 3. The molecule has 23 heavy (non-hydrogen) atoms. The number of carbonyl (C=O) groups excluding carboxylic acids is 3. The number of methoxy groups -OCH3 is 1. The van der Waals surface area contributed by atoms with Gasteiger partial charge in [0, 0.05) is 45.0 Å². The summed E-state index contributed by atoms with van der Waals surface area (Å²) in [6, 6.07) is 0.